The van der Waals surface area contributed by atoms with E-state index in [-0.39, 0.29) is 41.2 Å². The summed E-state index contributed by atoms with van der Waals surface area (Å²) in [6.07, 6.45) is 8.00. The van der Waals surface area contributed by atoms with Gasteiger partial charge in [-0.15, -0.1) is 0 Å². The maximum Gasteiger partial charge on any atom is 0.310 e. The lowest BCUT2D eigenvalue weighted by molar-refractivity contribution is -0.170. The van der Waals surface area contributed by atoms with Crippen LogP contribution in [0.3, 0.4) is 0 Å². The van der Waals surface area contributed by atoms with E-state index in [1.165, 1.54) is 25.7 Å². The molecule has 4 saturated carbocycles. The average molecular weight is 405 g/mol. The molecule has 0 aromatic carbocycles. The second-order valence-electron chi connectivity index (χ2n) is 12.3. The third kappa shape index (κ3) is 3.63. The number of fused-ring (bicyclic) bond motifs is 4. The largest absolute Gasteiger partial charge is 0.461 e. The summed E-state index contributed by atoms with van der Waals surface area (Å²) in [5, 5.41) is 0. The van der Waals surface area contributed by atoms with Crippen LogP contribution in [0, 0.1) is 40.4 Å². The van der Waals surface area contributed by atoms with Crippen molar-refractivity contribution in [3.8, 4) is 0 Å². The van der Waals surface area contributed by atoms with Gasteiger partial charge < -0.3 is 9.47 Å². The highest BCUT2D eigenvalue weighted by Gasteiger charge is 2.64. The summed E-state index contributed by atoms with van der Waals surface area (Å²) in [7, 11) is 0. The summed E-state index contributed by atoms with van der Waals surface area (Å²) < 4.78 is 11.8. The van der Waals surface area contributed by atoms with Gasteiger partial charge in [0.05, 0.1) is 12.3 Å². The summed E-state index contributed by atoms with van der Waals surface area (Å²) in [4.78, 5) is 26.0. The van der Waals surface area contributed by atoms with Crippen molar-refractivity contribution in [2.24, 2.45) is 40.4 Å². The minimum absolute atomic E-state index is 0.0138. The zero-order valence-electron chi connectivity index (χ0n) is 19.3. The molecule has 4 bridgehead atoms. The fourth-order valence-corrected chi connectivity index (χ4v) is 7.37. The minimum Gasteiger partial charge on any atom is -0.461 e. The zero-order valence-corrected chi connectivity index (χ0v) is 19.3. The summed E-state index contributed by atoms with van der Waals surface area (Å²) in [5.41, 5.74) is -0.313. The lowest BCUT2D eigenvalue weighted by Gasteiger charge is -2.39. The van der Waals surface area contributed by atoms with Crippen LogP contribution in [0.5, 0.6) is 0 Å². The lowest BCUT2D eigenvalue weighted by Crippen LogP contribution is -2.41. The first-order valence-corrected chi connectivity index (χ1v) is 11.8. The number of hydrogen-bond acceptors (Lipinski definition) is 4. The van der Waals surface area contributed by atoms with E-state index in [2.05, 4.69) is 20.8 Å². The molecule has 164 valence electrons. The van der Waals surface area contributed by atoms with Crippen LogP contribution >= 0.6 is 0 Å². The number of esters is 2. The average Bonchev–Trinajstić information content (AvgIpc) is 3.31. The third-order valence-electron chi connectivity index (χ3n) is 9.40. The van der Waals surface area contributed by atoms with Crippen LogP contribution < -0.4 is 0 Å². The van der Waals surface area contributed by atoms with E-state index in [4.69, 9.17) is 9.47 Å². The molecule has 0 aromatic heterocycles. The first-order chi connectivity index (χ1) is 13.4. The standard InChI is InChI=1S/C25H40O4/c1-23(2,3)29-21(26)14-20(18-12-15-7-8-16(18)11-15)28-22(27)19-13-17-9-10-25(19,6)24(17,4)5/h15-20H,7-14H2,1-6H3. The van der Waals surface area contributed by atoms with E-state index in [0.717, 1.165) is 25.2 Å². The normalized spacial score (nSPS) is 40.8. The Balaban J connectivity index is 1.48. The number of ether oxygens (including phenoxy) is 2. The third-order valence-corrected chi connectivity index (χ3v) is 9.40. The molecule has 0 amide bonds. The first-order valence-electron chi connectivity index (χ1n) is 11.8. The molecule has 4 nitrogen and oxygen atoms in total. The molecule has 7 unspecified atom stereocenters. The highest BCUT2D eigenvalue weighted by molar-refractivity contribution is 5.76. The number of hydrogen-bond donors (Lipinski definition) is 0. The number of carbonyl (C=O) groups is 2. The van der Waals surface area contributed by atoms with E-state index in [1.54, 1.807) is 0 Å². The van der Waals surface area contributed by atoms with Gasteiger partial charge in [0.2, 0.25) is 0 Å². The lowest BCUT2D eigenvalue weighted by atomic mass is 9.67. The van der Waals surface area contributed by atoms with Crippen molar-refractivity contribution in [3.63, 3.8) is 0 Å². The van der Waals surface area contributed by atoms with Crippen LogP contribution in [0.15, 0.2) is 0 Å². The van der Waals surface area contributed by atoms with Gasteiger partial charge in [-0.3, -0.25) is 9.59 Å². The molecular weight excluding hydrogens is 364 g/mol. The highest BCUT2D eigenvalue weighted by atomic mass is 16.6. The first kappa shape index (κ1) is 21.2. The maximum atomic E-state index is 13.4. The highest BCUT2D eigenvalue weighted by Crippen LogP contribution is 2.68. The van der Waals surface area contributed by atoms with Gasteiger partial charge in [0.15, 0.2) is 0 Å². The summed E-state index contributed by atoms with van der Waals surface area (Å²) in [5.74, 6) is 1.96. The van der Waals surface area contributed by atoms with Gasteiger partial charge in [0.1, 0.15) is 11.7 Å². The molecule has 4 rings (SSSR count). The van der Waals surface area contributed by atoms with Crippen molar-refractivity contribution < 1.29 is 19.1 Å². The number of rotatable bonds is 5. The van der Waals surface area contributed by atoms with E-state index in [9.17, 15) is 9.59 Å². The van der Waals surface area contributed by atoms with Gasteiger partial charge in [0, 0.05) is 0 Å². The van der Waals surface area contributed by atoms with Crippen molar-refractivity contribution in [2.75, 3.05) is 0 Å². The van der Waals surface area contributed by atoms with Crippen LogP contribution in [0.4, 0.5) is 0 Å². The summed E-state index contributed by atoms with van der Waals surface area (Å²) >= 11 is 0. The quantitative estimate of drug-likeness (QED) is 0.566. The molecule has 0 heterocycles. The van der Waals surface area contributed by atoms with Gasteiger partial charge in [0.25, 0.3) is 0 Å². The molecule has 4 aliphatic carbocycles. The topological polar surface area (TPSA) is 52.6 Å². The van der Waals surface area contributed by atoms with Crippen molar-refractivity contribution in [2.45, 2.75) is 105 Å². The van der Waals surface area contributed by atoms with Crippen molar-refractivity contribution >= 4 is 11.9 Å². The molecule has 0 aliphatic heterocycles. The predicted molar refractivity (Wildman–Crippen MR) is 112 cm³/mol. The van der Waals surface area contributed by atoms with Crippen LogP contribution in [0.1, 0.15) is 92.9 Å². The van der Waals surface area contributed by atoms with Gasteiger partial charge in [-0.2, -0.15) is 0 Å². The van der Waals surface area contributed by atoms with Gasteiger partial charge in [-0.05, 0) is 93.8 Å². The molecule has 0 saturated heterocycles. The van der Waals surface area contributed by atoms with Crippen LogP contribution in [0.2, 0.25) is 0 Å². The Kier molecular flexibility index (Phi) is 5.10. The second kappa shape index (κ2) is 6.99. The molecule has 0 N–H and O–H groups in total. The second-order valence-corrected chi connectivity index (χ2v) is 12.3. The van der Waals surface area contributed by atoms with Crippen molar-refractivity contribution in [1.29, 1.82) is 0 Å². The monoisotopic (exact) mass is 404 g/mol. The Morgan fingerprint density at radius 1 is 1.03 bits per heavy atom. The smallest absolute Gasteiger partial charge is 0.310 e. The van der Waals surface area contributed by atoms with E-state index < -0.39 is 5.60 Å². The fourth-order valence-electron chi connectivity index (χ4n) is 7.37. The Morgan fingerprint density at radius 3 is 2.24 bits per heavy atom. The molecule has 7 atom stereocenters. The zero-order chi connectivity index (χ0) is 21.2. The molecule has 0 spiro atoms. The van der Waals surface area contributed by atoms with Gasteiger partial charge in [-0.1, -0.05) is 27.2 Å². The van der Waals surface area contributed by atoms with E-state index in [1.807, 2.05) is 20.8 Å². The Hall–Kier alpha value is -1.06. The molecular formula is C25H40O4. The fraction of sp³-hybridized carbons (Fsp3) is 0.920. The molecule has 4 heteroatoms. The molecule has 0 radical (unpaired) electrons. The molecule has 4 fully saturated rings. The van der Waals surface area contributed by atoms with Crippen LogP contribution in [-0.4, -0.2) is 23.6 Å². The van der Waals surface area contributed by atoms with Crippen LogP contribution in [-0.2, 0) is 19.1 Å². The van der Waals surface area contributed by atoms with Gasteiger partial charge >= 0.3 is 11.9 Å². The van der Waals surface area contributed by atoms with Crippen molar-refractivity contribution in [3.05, 3.63) is 0 Å². The van der Waals surface area contributed by atoms with E-state index in [0.29, 0.717) is 17.8 Å². The van der Waals surface area contributed by atoms with Crippen LogP contribution in [0.25, 0.3) is 0 Å². The molecule has 4 aliphatic rings. The number of carbonyl (C=O) groups excluding carboxylic acids is 2. The van der Waals surface area contributed by atoms with Crippen molar-refractivity contribution in [1.82, 2.24) is 0 Å². The van der Waals surface area contributed by atoms with Gasteiger partial charge in [-0.25, -0.2) is 0 Å². The molecule has 0 aromatic rings. The minimum atomic E-state index is -0.511. The summed E-state index contributed by atoms with van der Waals surface area (Å²) in [6, 6.07) is 0. The Morgan fingerprint density at radius 2 is 1.76 bits per heavy atom. The summed E-state index contributed by atoms with van der Waals surface area (Å²) in [6.45, 7) is 12.6. The Labute approximate surface area is 176 Å². The Bertz CT molecular complexity index is 675. The van der Waals surface area contributed by atoms with E-state index >= 15 is 0 Å². The molecule has 29 heavy (non-hydrogen) atoms. The SMILES string of the molecule is CC(C)(C)OC(=O)CC(OC(=O)C1CC2CCC1(C)C2(C)C)C1CC2CCC1C2. The maximum absolute atomic E-state index is 13.4. The predicted octanol–water partition coefficient (Wildman–Crippen LogP) is 5.53.